The van der Waals surface area contributed by atoms with Crippen molar-refractivity contribution in [2.45, 2.75) is 30.8 Å². The molecule has 0 spiro atoms. The third-order valence-corrected chi connectivity index (χ3v) is 9.35. The number of rotatable bonds is 8. The van der Waals surface area contributed by atoms with Gasteiger partial charge in [-0.25, -0.2) is 15.0 Å². The van der Waals surface area contributed by atoms with Gasteiger partial charge in [0, 0.05) is 74.1 Å². The summed E-state index contributed by atoms with van der Waals surface area (Å²) in [6.45, 7) is 2.52. The predicted molar refractivity (Wildman–Crippen MR) is 175 cm³/mol. The van der Waals surface area contributed by atoms with Gasteiger partial charge in [-0.05, 0) is 67.1 Å². The number of carbonyl (C=O) groups is 2. The number of methoxy groups -OCH3 is 1. The summed E-state index contributed by atoms with van der Waals surface area (Å²) >= 11 is 0. The van der Waals surface area contributed by atoms with Crippen LogP contribution < -0.4 is 5.32 Å². The molecular weight excluding hydrogens is 599 g/mol. The number of hydrogen-bond donors (Lipinski definition) is 2. The van der Waals surface area contributed by atoms with Gasteiger partial charge in [0.1, 0.15) is 5.69 Å². The van der Waals surface area contributed by atoms with Crippen LogP contribution >= 0.6 is 0 Å². The molecule has 2 N–H and O–H groups in total. The number of pyridine rings is 1. The second-order valence-corrected chi connectivity index (χ2v) is 12.2. The normalized spacial score (nSPS) is 18.9. The second kappa shape index (κ2) is 13.0. The van der Waals surface area contributed by atoms with Gasteiger partial charge >= 0.3 is 0 Å². The number of anilines is 1. The van der Waals surface area contributed by atoms with E-state index >= 15 is 0 Å². The zero-order chi connectivity index (χ0) is 32.4. The lowest BCUT2D eigenvalue weighted by atomic mass is 9.89. The van der Waals surface area contributed by atoms with Crippen molar-refractivity contribution in [3.63, 3.8) is 0 Å². The number of H-pyrrole nitrogens is 1. The minimum atomic E-state index is -1.08. The molecule has 1 atom stereocenters. The number of ether oxygens (including phenoxy) is 1. The Morgan fingerprint density at radius 1 is 1.00 bits per heavy atom. The van der Waals surface area contributed by atoms with Crippen LogP contribution in [0.1, 0.15) is 30.7 Å². The fourth-order valence-electron chi connectivity index (χ4n) is 6.62. The summed E-state index contributed by atoms with van der Waals surface area (Å²) in [5.41, 5.74) is 3.79. The molecule has 0 bridgehead atoms. The lowest BCUT2D eigenvalue weighted by Crippen LogP contribution is -2.48. The lowest BCUT2D eigenvalue weighted by molar-refractivity contribution is -0.138. The molecule has 240 valence electrons. The third-order valence-electron chi connectivity index (χ3n) is 9.35. The fraction of sp³-hybridized carbons (Fsp3) is 0.314. The molecule has 7 rings (SSSR count). The van der Waals surface area contributed by atoms with Gasteiger partial charge in [-0.15, -0.1) is 0 Å². The molecule has 5 aromatic rings. The number of halogens is 1. The molecule has 2 aromatic carbocycles. The highest BCUT2D eigenvalue weighted by molar-refractivity contribution is 6.01. The second-order valence-electron chi connectivity index (χ2n) is 12.2. The van der Waals surface area contributed by atoms with Crippen LogP contribution in [0.15, 0.2) is 79.3 Å². The van der Waals surface area contributed by atoms with Crippen LogP contribution in [0.25, 0.3) is 33.5 Å². The molecule has 2 amide bonds. The Morgan fingerprint density at radius 2 is 1.77 bits per heavy atom. The van der Waals surface area contributed by atoms with Gasteiger partial charge in [-0.1, -0.05) is 24.3 Å². The molecule has 0 aliphatic carbocycles. The molecule has 12 heteroatoms. The highest BCUT2D eigenvalue weighted by Gasteiger charge is 2.45. The molecule has 2 saturated heterocycles. The Kier molecular flexibility index (Phi) is 8.44. The standard InChI is InChI=1S/C35H35FN8O3/c1-47-35(34(46)40-27-8-9-29-28(19-27)32(42-41-29)26-7-10-30(36)39-20-26)13-18-43(22-35)21-31(45)44-16-11-24(12-17-44)23-3-5-25(6-4-23)33-37-14-2-15-38-33/h2-10,14-15,19-20,24H,11-13,16-18,21-22H2,1H3,(H,40,46)(H,41,42)/t35-/m0/s1. The van der Waals surface area contributed by atoms with Crippen LogP contribution in [0.3, 0.4) is 0 Å². The Morgan fingerprint density at radius 3 is 2.49 bits per heavy atom. The van der Waals surface area contributed by atoms with Gasteiger partial charge in [0.25, 0.3) is 5.91 Å². The maximum atomic E-state index is 13.6. The number of aromatic amines is 1. The van der Waals surface area contributed by atoms with Gasteiger partial charge in [0.2, 0.25) is 11.9 Å². The lowest BCUT2D eigenvalue weighted by Gasteiger charge is -2.33. The summed E-state index contributed by atoms with van der Waals surface area (Å²) < 4.78 is 19.2. The first-order valence-corrected chi connectivity index (χ1v) is 15.7. The van der Waals surface area contributed by atoms with E-state index in [-0.39, 0.29) is 18.4 Å². The maximum Gasteiger partial charge on any atom is 0.258 e. The number of piperidine rings is 1. The first-order chi connectivity index (χ1) is 22.9. The topological polar surface area (TPSA) is 129 Å². The molecule has 0 radical (unpaired) electrons. The van der Waals surface area contributed by atoms with Crippen LogP contribution in [0.2, 0.25) is 0 Å². The molecule has 0 saturated carbocycles. The van der Waals surface area contributed by atoms with E-state index in [1.54, 1.807) is 30.6 Å². The third kappa shape index (κ3) is 6.34. The van der Waals surface area contributed by atoms with Crippen molar-refractivity contribution >= 4 is 28.4 Å². The minimum absolute atomic E-state index is 0.0700. The van der Waals surface area contributed by atoms with E-state index in [4.69, 9.17) is 4.74 Å². The van der Waals surface area contributed by atoms with Crippen molar-refractivity contribution in [1.82, 2.24) is 34.9 Å². The molecule has 11 nitrogen and oxygen atoms in total. The SMILES string of the molecule is CO[C@@]1(C(=O)Nc2ccc3[nH]nc(-c4ccc(F)nc4)c3c2)CCN(CC(=O)N2CCC(c3ccc(-c4ncccn4)cc3)CC2)C1. The first kappa shape index (κ1) is 30.6. The number of nitrogens with one attached hydrogen (secondary N) is 2. The van der Waals surface area contributed by atoms with E-state index in [1.807, 2.05) is 21.9 Å². The summed E-state index contributed by atoms with van der Waals surface area (Å²) in [5.74, 6) is 0.336. The predicted octanol–water partition coefficient (Wildman–Crippen LogP) is 4.66. The number of carbonyl (C=O) groups excluding carboxylic acids is 2. The molecule has 2 aliphatic rings. The molecule has 0 unspecified atom stereocenters. The first-order valence-electron chi connectivity index (χ1n) is 15.7. The Balaban J connectivity index is 0.939. The van der Waals surface area contributed by atoms with Crippen molar-refractivity contribution in [2.75, 3.05) is 45.2 Å². The average Bonchev–Trinajstić information content (AvgIpc) is 3.74. The summed E-state index contributed by atoms with van der Waals surface area (Å²) in [7, 11) is 1.54. The molecule has 3 aromatic heterocycles. The van der Waals surface area contributed by atoms with Gasteiger partial charge < -0.3 is 15.0 Å². The number of hydrogen-bond acceptors (Lipinski definition) is 8. The van der Waals surface area contributed by atoms with Gasteiger partial charge in [0.05, 0.1) is 12.1 Å². The summed E-state index contributed by atoms with van der Waals surface area (Å²) in [6, 6.07) is 18.6. The van der Waals surface area contributed by atoms with Crippen LogP contribution in [0.5, 0.6) is 0 Å². The van der Waals surface area contributed by atoms with Crippen molar-refractivity contribution in [3.05, 3.63) is 90.8 Å². The number of fused-ring (bicyclic) bond motifs is 1. The Bertz CT molecular complexity index is 1880. The summed E-state index contributed by atoms with van der Waals surface area (Å²) in [5, 5.41) is 11.1. The van der Waals surface area contributed by atoms with E-state index < -0.39 is 11.5 Å². The van der Waals surface area contributed by atoms with Crippen LogP contribution in [-0.2, 0) is 14.3 Å². The van der Waals surface area contributed by atoms with Crippen molar-refractivity contribution < 1.29 is 18.7 Å². The largest absolute Gasteiger partial charge is 0.367 e. The van der Waals surface area contributed by atoms with Crippen molar-refractivity contribution in [2.24, 2.45) is 0 Å². The van der Waals surface area contributed by atoms with Gasteiger partial charge in [-0.2, -0.15) is 9.49 Å². The van der Waals surface area contributed by atoms with E-state index in [9.17, 15) is 14.0 Å². The quantitative estimate of drug-likeness (QED) is 0.236. The number of aromatic nitrogens is 5. The number of likely N-dealkylation sites (tertiary alicyclic amines) is 2. The Hall–Kier alpha value is -5.07. The monoisotopic (exact) mass is 634 g/mol. The van der Waals surface area contributed by atoms with Crippen molar-refractivity contribution in [3.8, 4) is 22.6 Å². The molecule has 5 heterocycles. The van der Waals surface area contributed by atoms with E-state index in [0.717, 1.165) is 29.3 Å². The smallest absolute Gasteiger partial charge is 0.258 e. The Labute approximate surface area is 271 Å². The van der Waals surface area contributed by atoms with E-state index in [0.29, 0.717) is 61.3 Å². The zero-order valence-corrected chi connectivity index (χ0v) is 26.0. The number of amides is 2. The average molecular weight is 635 g/mol. The summed E-state index contributed by atoms with van der Waals surface area (Å²) in [4.78, 5) is 43.2. The fourth-order valence-corrected chi connectivity index (χ4v) is 6.62. The molecule has 47 heavy (non-hydrogen) atoms. The van der Waals surface area contributed by atoms with Gasteiger partial charge in [-0.3, -0.25) is 19.6 Å². The zero-order valence-electron chi connectivity index (χ0n) is 26.0. The van der Waals surface area contributed by atoms with E-state index in [2.05, 4.69) is 54.7 Å². The maximum absolute atomic E-state index is 13.6. The van der Waals surface area contributed by atoms with E-state index in [1.165, 1.54) is 24.9 Å². The van der Waals surface area contributed by atoms with Gasteiger partial charge in [0.15, 0.2) is 11.4 Å². The van der Waals surface area contributed by atoms with Crippen LogP contribution in [0, 0.1) is 5.95 Å². The van der Waals surface area contributed by atoms with Crippen LogP contribution in [0.4, 0.5) is 10.1 Å². The molecule has 2 aliphatic heterocycles. The van der Waals surface area contributed by atoms with Crippen LogP contribution in [-0.4, -0.2) is 92.2 Å². The molecule has 2 fully saturated rings. The number of benzene rings is 2. The highest BCUT2D eigenvalue weighted by Crippen LogP contribution is 2.32. The number of nitrogens with zero attached hydrogens (tertiary/aromatic N) is 6. The highest BCUT2D eigenvalue weighted by atomic mass is 19.1. The summed E-state index contributed by atoms with van der Waals surface area (Å²) in [6.07, 6.45) is 7.17. The van der Waals surface area contributed by atoms with Crippen molar-refractivity contribution in [1.29, 1.82) is 0 Å². The molecular formula is C35H35FN8O3. The minimum Gasteiger partial charge on any atom is -0.367 e.